The van der Waals surface area contributed by atoms with Gasteiger partial charge in [0.2, 0.25) is 5.75 Å². The minimum Gasteiger partial charge on any atom is -0.481 e. The van der Waals surface area contributed by atoms with E-state index in [0.717, 1.165) is 6.07 Å². The number of nitrogens with zero attached hydrogens (tertiary/aromatic N) is 1. The second kappa shape index (κ2) is 7.25. The van der Waals surface area contributed by atoms with Crippen LogP contribution in [0.15, 0.2) is 28.8 Å². The molecule has 0 N–H and O–H groups in total. The molecule has 8 heteroatoms. The monoisotopic (exact) mass is 363 g/mol. The molecule has 108 valence electrons. The number of benzene rings is 1. The summed E-state index contributed by atoms with van der Waals surface area (Å²) < 4.78 is 10.3. The van der Waals surface area contributed by atoms with Crippen molar-refractivity contribution in [1.82, 2.24) is 0 Å². The van der Waals surface area contributed by atoms with E-state index in [9.17, 15) is 14.9 Å². The van der Waals surface area contributed by atoms with Crippen molar-refractivity contribution < 1.29 is 19.2 Å². The fraction of sp³-hybridized carbons (Fsp3) is 0.250. The van der Waals surface area contributed by atoms with Crippen molar-refractivity contribution in [2.75, 3.05) is 13.2 Å². The third-order valence-corrected chi connectivity index (χ3v) is 2.95. The molecule has 0 heterocycles. The lowest BCUT2D eigenvalue weighted by atomic mass is 10.3. The van der Waals surface area contributed by atoms with Gasteiger partial charge in [0.15, 0.2) is 0 Å². The molecule has 0 spiro atoms. The van der Waals surface area contributed by atoms with E-state index in [0.29, 0.717) is 4.47 Å². The van der Waals surface area contributed by atoms with E-state index in [2.05, 4.69) is 22.5 Å². The zero-order chi connectivity index (χ0) is 15.3. The largest absolute Gasteiger partial charge is 0.481 e. The van der Waals surface area contributed by atoms with Gasteiger partial charge in [-0.25, -0.2) is 4.79 Å². The number of carbonyl (C=O) groups excluding carboxylic acids is 1. The lowest BCUT2D eigenvalue weighted by Crippen LogP contribution is -2.13. The Hall–Kier alpha value is -1.60. The highest BCUT2D eigenvalue weighted by atomic mass is 79.9. The highest BCUT2D eigenvalue weighted by molar-refractivity contribution is 9.10. The maximum atomic E-state index is 11.4. The van der Waals surface area contributed by atoms with Crippen molar-refractivity contribution >= 4 is 39.2 Å². The van der Waals surface area contributed by atoms with Crippen LogP contribution in [-0.4, -0.2) is 24.1 Å². The van der Waals surface area contributed by atoms with Crippen LogP contribution in [-0.2, 0) is 9.53 Å². The zero-order valence-electron chi connectivity index (χ0n) is 10.5. The van der Waals surface area contributed by atoms with Crippen LogP contribution in [0.25, 0.3) is 0 Å². The second-order valence-corrected chi connectivity index (χ2v) is 4.90. The minimum absolute atomic E-state index is 0.0233. The molecule has 1 rings (SSSR count). The number of rotatable bonds is 6. The van der Waals surface area contributed by atoms with Gasteiger partial charge in [-0.3, -0.25) is 10.1 Å². The highest BCUT2D eigenvalue weighted by Gasteiger charge is 2.21. The van der Waals surface area contributed by atoms with Crippen LogP contribution in [0.1, 0.15) is 6.92 Å². The molecule has 0 unspecified atom stereocenters. The van der Waals surface area contributed by atoms with Crippen molar-refractivity contribution in [1.29, 1.82) is 0 Å². The fourth-order valence-corrected chi connectivity index (χ4v) is 2.19. The van der Waals surface area contributed by atoms with E-state index in [1.165, 1.54) is 6.07 Å². The fourth-order valence-electron chi connectivity index (χ4n) is 1.28. The van der Waals surface area contributed by atoms with Crippen molar-refractivity contribution in [3.8, 4) is 5.75 Å². The van der Waals surface area contributed by atoms with E-state index in [-0.39, 0.29) is 35.2 Å². The second-order valence-electron chi connectivity index (χ2n) is 3.61. The Morgan fingerprint density at radius 3 is 2.75 bits per heavy atom. The van der Waals surface area contributed by atoms with Gasteiger partial charge >= 0.3 is 11.7 Å². The SMILES string of the molecule is C=C(COc1c(Br)cc(Cl)cc1[N+](=O)[O-])C(=O)OCC. The third kappa shape index (κ3) is 4.21. The Kier molecular flexibility index (Phi) is 5.97. The summed E-state index contributed by atoms with van der Waals surface area (Å²) in [6.45, 7) is 5.15. The van der Waals surface area contributed by atoms with Crippen molar-refractivity contribution in [3.05, 3.63) is 43.9 Å². The Labute approximate surface area is 128 Å². The van der Waals surface area contributed by atoms with E-state index in [1.807, 2.05) is 0 Å². The van der Waals surface area contributed by atoms with Crippen LogP contribution in [0, 0.1) is 10.1 Å². The molecule has 6 nitrogen and oxygen atoms in total. The predicted octanol–water partition coefficient (Wildman–Crippen LogP) is 3.51. The number of nitro groups is 1. The summed E-state index contributed by atoms with van der Waals surface area (Å²) in [5.41, 5.74) is -0.246. The summed E-state index contributed by atoms with van der Waals surface area (Å²) >= 11 is 8.86. The number of halogens is 2. The molecule has 0 fully saturated rings. The van der Waals surface area contributed by atoms with Crippen molar-refractivity contribution in [2.45, 2.75) is 6.92 Å². The zero-order valence-corrected chi connectivity index (χ0v) is 12.9. The van der Waals surface area contributed by atoms with Crippen LogP contribution in [0.5, 0.6) is 5.75 Å². The van der Waals surface area contributed by atoms with Crippen LogP contribution in [0.4, 0.5) is 5.69 Å². The number of hydrogen-bond acceptors (Lipinski definition) is 5. The quantitative estimate of drug-likeness (QED) is 0.334. The summed E-state index contributed by atoms with van der Waals surface area (Å²) in [6, 6.07) is 2.62. The smallest absolute Gasteiger partial charge is 0.336 e. The molecule has 0 aliphatic carbocycles. The number of hydrogen-bond donors (Lipinski definition) is 0. The molecule has 0 saturated heterocycles. The molecule has 0 bridgehead atoms. The van der Waals surface area contributed by atoms with E-state index in [1.54, 1.807) is 6.92 Å². The van der Waals surface area contributed by atoms with Gasteiger partial charge in [-0.2, -0.15) is 0 Å². The first kappa shape index (κ1) is 16.5. The maximum absolute atomic E-state index is 11.4. The first-order chi connectivity index (χ1) is 9.36. The summed E-state index contributed by atoms with van der Waals surface area (Å²) in [4.78, 5) is 21.7. The molecule has 0 radical (unpaired) electrons. The molecule has 0 aliphatic heterocycles. The molecule has 0 atom stereocenters. The van der Waals surface area contributed by atoms with Crippen molar-refractivity contribution in [3.63, 3.8) is 0 Å². The number of nitro benzene ring substituents is 1. The van der Waals surface area contributed by atoms with E-state index in [4.69, 9.17) is 21.1 Å². The van der Waals surface area contributed by atoms with Crippen LogP contribution in [0.3, 0.4) is 0 Å². The van der Waals surface area contributed by atoms with E-state index < -0.39 is 10.9 Å². The van der Waals surface area contributed by atoms with Gasteiger partial charge in [-0.15, -0.1) is 0 Å². The summed E-state index contributed by atoms with van der Waals surface area (Å²) in [7, 11) is 0. The number of carbonyl (C=O) groups is 1. The average molecular weight is 365 g/mol. The van der Waals surface area contributed by atoms with E-state index >= 15 is 0 Å². The first-order valence-electron chi connectivity index (χ1n) is 5.48. The summed E-state index contributed by atoms with van der Waals surface area (Å²) in [6.07, 6.45) is 0. The molecule has 20 heavy (non-hydrogen) atoms. The van der Waals surface area contributed by atoms with Crippen molar-refractivity contribution in [2.24, 2.45) is 0 Å². The number of ether oxygens (including phenoxy) is 2. The first-order valence-corrected chi connectivity index (χ1v) is 6.65. The lowest BCUT2D eigenvalue weighted by molar-refractivity contribution is -0.385. The van der Waals surface area contributed by atoms with Gasteiger partial charge in [0.1, 0.15) is 6.61 Å². The lowest BCUT2D eigenvalue weighted by Gasteiger charge is -2.10. The van der Waals surface area contributed by atoms with Gasteiger partial charge < -0.3 is 9.47 Å². The average Bonchev–Trinajstić information content (AvgIpc) is 2.36. The van der Waals surface area contributed by atoms with Gasteiger partial charge in [-0.1, -0.05) is 18.2 Å². The van der Waals surface area contributed by atoms with Gasteiger partial charge in [0, 0.05) is 11.1 Å². The topological polar surface area (TPSA) is 78.7 Å². The summed E-state index contributed by atoms with van der Waals surface area (Å²) in [5, 5.41) is 11.1. The molecular formula is C12H11BrClNO5. The molecule has 0 amide bonds. The Bertz CT molecular complexity index is 561. The Morgan fingerprint density at radius 1 is 1.55 bits per heavy atom. The molecule has 1 aromatic rings. The van der Waals surface area contributed by atoms with Crippen LogP contribution < -0.4 is 4.74 Å². The molecule has 0 aliphatic rings. The predicted molar refractivity (Wildman–Crippen MR) is 77.1 cm³/mol. The highest BCUT2D eigenvalue weighted by Crippen LogP contribution is 2.38. The number of esters is 1. The Balaban J connectivity index is 2.90. The van der Waals surface area contributed by atoms with Gasteiger partial charge in [-0.05, 0) is 28.9 Å². The minimum atomic E-state index is -0.626. The van der Waals surface area contributed by atoms with Gasteiger partial charge in [0.05, 0.1) is 21.6 Å². The maximum Gasteiger partial charge on any atom is 0.336 e. The van der Waals surface area contributed by atoms with Crippen LogP contribution >= 0.6 is 27.5 Å². The standard InChI is InChI=1S/C12H11BrClNO5/c1-3-19-12(16)7(2)6-20-11-9(13)4-8(14)5-10(11)15(17)18/h4-5H,2-3,6H2,1H3. The van der Waals surface area contributed by atoms with Crippen LogP contribution in [0.2, 0.25) is 5.02 Å². The Morgan fingerprint density at radius 2 is 2.20 bits per heavy atom. The van der Waals surface area contributed by atoms with Gasteiger partial charge in [0.25, 0.3) is 0 Å². The third-order valence-electron chi connectivity index (χ3n) is 2.14. The molecule has 0 saturated carbocycles. The molecule has 0 aromatic heterocycles. The molecular weight excluding hydrogens is 353 g/mol. The molecule has 1 aromatic carbocycles. The summed E-state index contributed by atoms with van der Waals surface area (Å²) in [5.74, 6) is -0.634. The normalized spacial score (nSPS) is 9.95.